The molecule has 0 spiro atoms. The van der Waals surface area contributed by atoms with Gasteiger partial charge in [-0.15, -0.1) is 0 Å². The monoisotopic (exact) mass is 328 g/mol. The van der Waals surface area contributed by atoms with E-state index in [1.807, 2.05) is 0 Å². The summed E-state index contributed by atoms with van der Waals surface area (Å²) in [5.74, 6) is -2.09. The molecule has 6 heteroatoms. The lowest BCUT2D eigenvalue weighted by molar-refractivity contribution is -0.137. The molecule has 0 amide bonds. The predicted octanol–water partition coefficient (Wildman–Crippen LogP) is 2.43. The third-order valence-corrected chi connectivity index (χ3v) is 2.97. The molecule has 1 aromatic heterocycles. The Labute approximate surface area is 149 Å². The van der Waals surface area contributed by atoms with Gasteiger partial charge in [-0.25, -0.2) is 0 Å². The molecule has 0 atom stereocenters. The summed E-state index contributed by atoms with van der Waals surface area (Å²) in [5.41, 5.74) is -0.246. The van der Waals surface area contributed by atoms with Crippen molar-refractivity contribution in [3.63, 3.8) is 0 Å². The van der Waals surface area contributed by atoms with E-state index in [-0.39, 0.29) is 35.9 Å². The molecule has 124 valence electrons. The van der Waals surface area contributed by atoms with Gasteiger partial charge in [0.15, 0.2) is 0 Å². The van der Waals surface area contributed by atoms with Crippen molar-refractivity contribution < 1.29 is 33.1 Å². The van der Waals surface area contributed by atoms with Crippen LogP contribution in [0.3, 0.4) is 0 Å². The summed E-state index contributed by atoms with van der Waals surface area (Å²) < 4.78 is 83.3. The van der Waals surface area contributed by atoms with E-state index in [4.69, 9.17) is 23.6 Å². The van der Waals surface area contributed by atoms with E-state index in [1.165, 1.54) is 18.2 Å². The average molecular weight is 328 g/mol. The van der Waals surface area contributed by atoms with Crippen LogP contribution in [0.5, 0.6) is 5.75 Å². The minimum Gasteiger partial charge on any atom is -0.481 e. The van der Waals surface area contributed by atoms with Crippen LogP contribution in [0, 0.1) is 0 Å². The number of likely N-dealkylation sites (N-methyl/N-ethyl adjacent to an activating group) is 1. The molecular weight excluding hydrogens is 296 g/mol. The highest BCUT2D eigenvalue weighted by atomic mass is 16.5. The molecular formula is C17H22N2O4. The number of carboxylic acid groups (broad SMARTS) is 1. The molecule has 1 heterocycles. The van der Waals surface area contributed by atoms with Gasteiger partial charge in [0, 0.05) is 50.1 Å². The fourth-order valence-corrected chi connectivity index (χ4v) is 2.01. The van der Waals surface area contributed by atoms with E-state index >= 15 is 0 Å². The van der Waals surface area contributed by atoms with Crippen molar-refractivity contribution in [1.29, 1.82) is 0 Å². The maximum Gasteiger partial charge on any atom is 0.311 e. The van der Waals surface area contributed by atoms with Crippen molar-refractivity contribution in [2.75, 3.05) is 20.4 Å². The molecule has 23 heavy (non-hydrogen) atoms. The van der Waals surface area contributed by atoms with Gasteiger partial charge < -0.3 is 19.7 Å². The summed E-state index contributed by atoms with van der Waals surface area (Å²) >= 11 is 0. The second-order valence-electron chi connectivity index (χ2n) is 4.67. The number of aromatic amines is 1. The van der Waals surface area contributed by atoms with Crippen LogP contribution < -0.4 is 4.74 Å². The number of nitrogens with zero attached hydrogens (tertiary/aromatic N) is 1. The van der Waals surface area contributed by atoms with Gasteiger partial charge in [-0.2, -0.15) is 0 Å². The number of nitrogens with one attached hydrogen (secondary N) is 1. The quantitative estimate of drug-likeness (QED) is 0.574. The first kappa shape index (κ1) is 7.97. The number of carboxylic acids is 1. The summed E-state index contributed by atoms with van der Waals surface area (Å²) in [6.07, 6.45) is -2.68. The molecule has 0 bridgehead atoms. The molecule has 1 aromatic carbocycles. The second-order valence-corrected chi connectivity index (χ2v) is 4.67. The van der Waals surface area contributed by atoms with Gasteiger partial charge in [0.2, 0.25) is 0 Å². The minimum absolute atomic E-state index is 0.000357. The molecule has 0 aliphatic rings. The molecule has 0 saturated carbocycles. The summed E-state index contributed by atoms with van der Waals surface area (Å²) in [7, 11) is 0. The summed E-state index contributed by atoms with van der Waals surface area (Å²) in [4.78, 5) is 24.9. The second kappa shape index (κ2) is 7.78. The van der Waals surface area contributed by atoms with Gasteiger partial charge in [0.1, 0.15) is 5.75 Å². The first-order valence-corrected chi connectivity index (χ1v) is 6.74. The fourth-order valence-electron chi connectivity index (χ4n) is 2.01. The van der Waals surface area contributed by atoms with Crippen molar-refractivity contribution in [2.45, 2.75) is 25.6 Å². The highest BCUT2D eigenvalue weighted by molar-refractivity contribution is 5.91. The number of fused-ring (bicyclic) bond motifs is 1. The third-order valence-electron chi connectivity index (χ3n) is 2.97. The number of aliphatic carboxylic acids is 1. The summed E-state index contributed by atoms with van der Waals surface area (Å²) in [6.45, 7) is -10.6. The zero-order valence-corrected chi connectivity index (χ0v) is 12.0. The first-order chi connectivity index (χ1) is 14.9. The van der Waals surface area contributed by atoms with Gasteiger partial charge >= 0.3 is 11.9 Å². The predicted molar refractivity (Wildman–Crippen MR) is 87.7 cm³/mol. The van der Waals surface area contributed by atoms with Crippen LogP contribution >= 0.6 is 0 Å². The van der Waals surface area contributed by atoms with Crippen molar-refractivity contribution in [2.24, 2.45) is 0 Å². The van der Waals surface area contributed by atoms with E-state index in [0.717, 1.165) is 6.20 Å². The highest BCUT2D eigenvalue weighted by Gasteiger charge is 2.13. The largest absolute Gasteiger partial charge is 0.481 e. The van der Waals surface area contributed by atoms with Crippen molar-refractivity contribution in [3.05, 3.63) is 30.0 Å². The van der Waals surface area contributed by atoms with Crippen LogP contribution in [-0.4, -0.2) is 47.4 Å². The number of hydrogen-bond donors (Lipinski definition) is 2. The Kier molecular flexibility index (Phi) is 2.70. The number of benzene rings is 1. The number of rotatable bonds is 8. The number of carbonyl (C=O) groups is 2. The molecule has 0 unspecified atom stereocenters. The number of hydrogen-bond acceptors (Lipinski definition) is 4. The molecule has 6 nitrogen and oxygen atoms in total. The van der Waals surface area contributed by atoms with E-state index in [0.29, 0.717) is 0 Å². The lowest BCUT2D eigenvalue weighted by Crippen LogP contribution is -2.15. The normalized spacial score (nSPS) is 19.9. The van der Waals surface area contributed by atoms with Gasteiger partial charge in [-0.1, -0.05) is 6.07 Å². The molecule has 0 aliphatic carbocycles. The molecule has 2 N–H and O–H groups in total. The van der Waals surface area contributed by atoms with Crippen LogP contribution in [0.1, 0.15) is 38.5 Å². The van der Waals surface area contributed by atoms with Crippen LogP contribution in [0.4, 0.5) is 0 Å². The van der Waals surface area contributed by atoms with Crippen LogP contribution in [0.15, 0.2) is 24.4 Å². The van der Waals surface area contributed by atoms with Crippen LogP contribution in [0.2, 0.25) is 0 Å². The Morgan fingerprint density at radius 3 is 2.96 bits per heavy atom. The van der Waals surface area contributed by atoms with Crippen LogP contribution in [-0.2, 0) is 16.0 Å². The molecule has 0 saturated heterocycles. The van der Waals surface area contributed by atoms with Crippen molar-refractivity contribution in [3.8, 4) is 5.75 Å². The van der Waals surface area contributed by atoms with Gasteiger partial charge in [-0.05, 0) is 44.4 Å². The highest BCUT2D eigenvalue weighted by Crippen LogP contribution is 2.29. The Morgan fingerprint density at radius 2 is 2.22 bits per heavy atom. The number of aryl methyl sites for hydroxylation is 1. The maximum atomic E-state index is 12.1. The Bertz CT molecular complexity index is 1010. The Balaban J connectivity index is 2.54. The SMILES string of the molecule is [2H]C([2H])([2H])N(C([2H])([2H])[2H])C([2H])([2H])C([2H])([2H])c1c[nH]c2cccc(OC(=O)CCCC(=O)O)c12. The lowest BCUT2D eigenvalue weighted by Gasteiger charge is -2.10. The summed E-state index contributed by atoms with van der Waals surface area (Å²) in [6, 6.07) is 4.23. The summed E-state index contributed by atoms with van der Waals surface area (Å²) in [5, 5.41) is 8.58. The number of aromatic nitrogens is 1. The van der Waals surface area contributed by atoms with E-state index in [9.17, 15) is 9.59 Å². The minimum atomic E-state index is -3.56. The fraction of sp³-hybridized carbons (Fsp3) is 0.412. The molecule has 0 radical (unpaired) electrons. The zero-order valence-electron chi connectivity index (χ0n) is 22.0. The smallest absolute Gasteiger partial charge is 0.311 e. The Hall–Kier alpha value is -2.34. The van der Waals surface area contributed by atoms with Crippen molar-refractivity contribution >= 4 is 22.8 Å². The number of esters is 1. The standard InChI is InChI=1S/C17H22N2O4/c1-19(2)10-9-12-11-18-13-5-3-6-14(17(12)13)23-16(22)8-4-7-15(20)21/h3,5-6,11,18H,4,7-10H2,1-2H3,(H,20,21)/i1D3,2D3,9D2,10D2. The molecule has 2 rings (SSSR count). The molecule has 0 aliphatic heterocycles. The van der Waals surface area contributed by atoms with Crippen molar-refractivity contribution in [1.82, 2.24) is 9.88 Å². The Morgan fingerprint density at radius 1 is 1.39 bits per heavy atom. The number of carbonyl (C=O) groups excluding carboxylic acids is 1. The lowest BCUT2D eigenvalue weighted by atomic mass is 10.1. The third kappa shape index (κ3) is 4.82. The van der Waals surface area contributed by atoms with E-state index < -0.39 is 49.2 Å². The van der Waals surface area contributed by atoms with Gasteiger partial charge in [0.25, 0.3) is 0 Å². The maximum absolute atomic E-state index is 12.1. The number of ether oxygens (including phenoxy) is 1. The number of H-pyrrole nitrogens is 1. The van der Waals surface area contributed by atoms with E-state index in [1.54, 1.807) is 0 Å². The molecule has 0 fully saturated rings. The van der Waals surface area contributed by atoms with Gasteiger partial charge in [0.05, 0.1) is 0 Å². The average Bonchev–Trinajstić information content (AvgIpc) is 3.04. The zero-order chi connectivity index (χ0) is 25.4. The van der Waals surface area contributed by atoms with Crippen LogP contribution in [0.25, 0.3) is 10.9 Å². The topological polar surface area (TPSA) is 82.6 Å². The first-order valence-electron chi connectivity index (χ1n) is 11.7. The molecule has 2 aromatic rings. The van der Waals surface area contributed by atoms with E-state index in [2.05, 4.69) is 4.98 Å². The van der Waals surface area contributed by atoms with Gasteiger partial charge in [-0.3, -0.25) is 9.59 Å².